The summed E-state index contributed by atoms with van der Waals surface area (Å²) >= 11 is 1.60. The molecule has 1 aliphatic heterocycles. The fourth-order valence-electron chi connectivity index (χ4n) is 3.17. The van der Waals surface area contributed by atoms with E-state index in [0.29, 0.717) is 36.3 Å². The maximum absolute atomic E-state index is 12.5. The van der Waals surface area contributed by atoms with Crippen LogP contribution < -0.4 is 10.1 Å². The van der Waals surface area contributed by atoms with Gasteiger partial charge in [-0.3, -0.25) is 0 Å². The van der Waals surface area contributed by atoms with Crippen LogP contribution in [0.3, 0.4) is 0 Å². The van der Waals surface area contributed by atoms with Crippen molar-refractivity contribution in [3.63, 3.8) is 0 Å². The highest BCUT2D eigenvalue weighted by atomic mass is 32.1. The summed E-state index contributed by atoms with van der Waals surface area (Å²) in [5.74, 6) is 2.04. The normalized spacial score (nSPS) is 14.9. The molecule has 0 aliphatic carbocycles. The zero-order valence-electron chi connectivity index (χ0n) is 14.9. The molecule has 4 rings (SSSR count). The Morgan fingerprint density at radius 3 is 2.81 bits per heavy atom. The van der Waals surface area contributed by atoms with Crippen molar-refractivity contribution in [3.05, 3.63) is 47.0 Å². The predicted octanol–water partition coefficient (Wildman–Crippen LogP) is 4.22. The number of thiophene rings is 1. The lowest BCUT2D eigenvalue weighted by atomic mass is 9.97. The second-order valence-corrected chi connectivity index (χ2v) is 7.13. The van der Waals surface area contributed by atoms with Crippen LogP contribution in [-0.2, 0) is 0 Å². The molecule has 1 aromatic carbocycles. The standard InChI is InChI=1S/C19H20N4O3S/c1-25-16-5-3-2-4-15(16)20-19(24)23-9-6-13(7-10-23)17-21-22-18(26-17)14-8-11-27-12-14/h2-5,8,11-13H,6-7,9-10H2,1H3,(H,20,24). The van der Waals surface area contributed by atoms with Gasteiger partial charge in [-0.25, -0.2) is 4.79 Å². The SMILES string of the molecule is COc1ccccc1NC(=O)N1CCC(c2nnc(-c3ccsc3)o2)CC1. The van der Waals surface area contributed by atoms with Crippen molar-refractivity contribution >= 4 is 23.1 Å². The monoisotopic (exact) mass is 384 g/mol. The van der Waals surface area contributed by atoms with Crippen LogP contribution in [0.4, 0.5) is 10.5 Å². The highest BCUT2D eigenvalue weighted by Crippen LogP contribution is 2.30. The molecule has 2 aromatic heterocycles. The number of hydrogen-bond acceptors (Lipinski definition) is 6. The van der Waals surface area contributed by atoms with Crippen LogP contribution in [0.1, 0.15) is 24.7 Å². The first-order valence-corrected chi connectivity index (χ1v) is 9.74. The van der Waals surface area contributed by atoms with Crippen LogP contribution in [-0.4, -0.2) is 41.3 Å². The van der Waals surface area contributed by atoms with Crippen molar-refractivity contribution in [1.82, 2.24) is 15.1 Å². The van der Waals surface area contributed by atoms with Gasteiger partial charge in [0, 0.05) is 30.0 Å². The minimum atomic E-state index is -0.123. The molecule has 1 aliphatic rings. The Morgan fingerprint density at radius 1 is 1.26 bits per heavy atom. The predicted molar refractivity (Wildman–Crippen MR) is 103 cm³/mol. The lowest BCUT2D eigenvalue weighted by Crippen LogP contribution is -2.40. The quantitative estimate of drug-likeness (QED) is 0.728. The highest BCUT2D eigenvalue weighted by molar-refractivity contribution is 7.08. The van der Waals surface area contributed by atoms with Gasteiger partial charge in [0.2, 0.25) is 11.8 Å². The summed E-state index contributed by atoms with van der Waals surface area (Å²) in [6.45, 7) is 1.28. The number of aromatic nitrogens is 2. The number of ether oxygens (including phenoxy) is 1. The smallest absolute Gasteiger partial charge is 0.321 e. The lowest BCUT2D eigenvalue weighted by molar-refractivity contribution is 0.190. The van der Waals surface area contributed by atoms with Crippen LogP contribution in [0.2, 0.25) is 0 Å². The van der Waals surface area contributed by atoms with E-state index in [-0.39, 0.29) is 11.9 Å². The van der Waals surface area contributed by atoms with Gasteiger partial charge >= 0.3 is 6.03 Å². The number of nitrogens with one attached hydrogen (secondary N) is 1. The average Bonchev–Trinajstić information content (AvgIpc) is 3.40. The number of para-hydroxylation sites is 2. The molecule has 3 heterocycles. The minimum Gasteiger partial charge on any atom is -0.495 e. The summed E-state index contributed by atoms with van der Waals surface area (Å²) < 4.78 is 11.1. The van der Waals surface area contributed by atoms with Gasteiger partial charge in [0.1, 0.15) is 5.75 Å². The van der Waals surface area contributed by atoms with E-state index in [4.69, 9.17) is 9.15 Å². The number of methoxy groups -OCH3 is 1. The summed E-state index contributed by atoms with van der Waals surface area (Å²) in [4.78, 5) is 14.4. The minimum absolute atomic E-state index is 0.123. The van der Waals surface area contributed by atoms with Crippen LogP contribution in [0, 0.1) is 0 Å². The van der Waals surface area contributed by atoms with Crippen molar-refractivity contribution in [2.75, 3.05) is 25.5 Å². The van der Waals surface area contributed by atoms with Gasteiger partial charge in [-0.1, -0.05) is 12.1 Å². The van der Waals surface area contributed by atoms with Gasteiger partial charge < -0.3 is 19.4 Å². The molecule has 0 atom stereocenters. The number of benzene rings is 1. The van der Waals surface area contributed by atoms with Crippen LogP contribution in [0.25, 0.3) is 11.5 Å². The molecule has 1 saturated heterocycles. The topological polar surface area (TPSA) is 80.5 Å². The Bertz CT molecular complexity index is 901. The van der Waals surface area contributed by atoms with Gasteiger partial charge in [-0.05, 0) is 36.4 Å². The van der Waals surface area contributed by atoms with E-state index in [0.717, 1.165) is 18.4 Å². The van der Waals surface area contributed by atoms with E-state index < -0.39 is 0 Å². The Kier molecular flexibility index (Phi) is 5.06. The Morgan fingerprint density at radius 2 is 2.07 bits per heavy atom. The van der Waals surface area contributed by atoms with E-state index in [1.165, 1.54) is 0 Å². The number of carbonyl (C=O) groups is 1. The lowest BCUT2D eigenvalue weighted by Gasteiger charge is -2.30. The highest BCUT2D eigenvalue weighted by Gasteiger charge is 2.28. The third-order valence-corrected chi connectivity index (χ3v) is 5.37. The van der Waals surface area contributed by atoms with Crippen molar-refractivity contribution in [1.29, 1.82) is 0 Å². The van der Waals surface area contributed by atoms with Gasteiger partial charge in [0.05, 0.1) is 12.8 Å². The number of anilines is 1. The number of urea groups is 1. The van der Waals surface area contributed by atoms with E-state index in [9.17, 15) is 4.79 Å². The molecule has 0 bridgehead atoms. The van der Waals surface area contributed by atoms with Crippen molar-refractivity contribution < 1.29 is 13.9 Å². The molecule has 3 aromatic rings. The maximum atomic E-state index is 12.5. The largest absolute Gasteiger partial charge is 0.495 e. The molecule has 2 amide bonds. The van der Waals surface area contributed by atoms with Gasteiger partial charge in [0.15, 0.2) is 0 Å². The third-order valence-electron chi connectivity index (χ3n) is 4.69. The molecular weight excluding hydrogens is 364 g/mol. The molecule has 0 spiro atoms. The van der Waals surface area contributed by atoms with Gasteiger partial charge in [-0.2, -0.15) is 11.3 Å². The number of nitrogens with zero attached hydrogens (tertiary/aromatic N) is 3. The molecule has 0 saturated carbocycles. The van der Waals surface area contributed by atoms with Crippen LogP contribution in [0.5, 0.6) is 5.75 Å². The first-order chi connectivity index (χ1) is 13.2. The summed E-state index contributed by atoms with van der Waals surface area (Å²) in [6, 6.07) is 9.23. The number of rotatable bonds is 4. The summed E-state index contributed by atoms with van der Waals surface area (Å²) in [7, 11) is 1.59. The van der Waals surface area contributed by atoms with E-state index in [2.05, 4.69) is 15.5 Å². The maximum Gasteiger partial charge on any atom is 0.321 e. The average molecular weight is 384 g/mol. The zero-order chi connectivity index (χ0) is 18.6. The Hall–Kier alpha value is -2.87. The van der Waals surface area contributed by atoms with E-state index in [1.54, 1.807) is 23.3 Å². The van der Waals surface area contributed by atoms with E-state index >= 15 is 0 Å². The second-order valence-electron chi connectivity index (χ2n) is 6.35. The summed E-state index contributed by atoms with van der Waals surface area (Å²) in [6.07, 6.45) is 1.59. The Balaban J connectivity index is 1.35. The number of piperidine rings is 1. The second kappa shape index (κ2) is 7.79. The molecule has 27 heavy (non-hydrogen) atoms. The molecule has 1 fully saturated rings. The van der Waals surface area contributed by atoms with Crippen molar-refractivity contribution in [2.45, 2.75) is 18.8 Å². The van der Waals surface area contributed by atoms with Crippen LogP contribution in [0.15, 0.2) is 45.5 Å². The van der Waals surface area contributed by atoms with Crippen LogP contribution >= 0.6 is 11.3 Å². The molecule has 1 N–H and O–H groups in total. The summed E-state index contributed by atoms with van der Waals surface area (Å²) in [5.41, 5.74) is 1.62. The van der Waals surface area contributed by atoms with Crippen molar-refractivity contribution in [3.8, 4) is 17.2 Å². The number of carbonyl (C=O) groups excluding carboxylic acids is 1. The first kappa shape index (κ1) is 17.5. The molecule has 7 nitrogen and oxygen atoms in total. The molecule has 8 heteroatoms. The van der Waals surface area contributed by atoms with Gasteiger partial charge in [-0.15, -0.1) is 10.2 Å². The zero-order valence-corrected chi connectivity index (χ0v) is 15.7. The first-order valence-electron chi connectivity index (χ1n) is 8.79. The molecule has 0 radical (unpaired) electrons. The Labute approximate surface area is 161 Å². The number of hydrogen-bond donors (Lipinski definition) is 1. The molecule has 0 unspecified atom stereocenters. The number of amides is 2. The fraction of sp³-hybridized carbons (Fsp3) is 0.316. The summed E-state index contributed by atoms with van der Waals surface area (Å²) in [5, 5.41) is 15.2. The fourth-order valence-corrected chi connectivity index (χ4v) is 3.80. The van der Waals surface area contributed by atoms with Crippen molar-refractivity contribution in [2.24, 2.45) is 0 Å². The van der Waals surface area contributed by atoms with E-state index in [1.807, 2.05) is 41.1 Å². The molecule has 140 valence electrons. The molecular formula is C19H20N4O3S. The number of likely N-dealkylation sites (tertiary alicyclic amines) is 1. The van der Waals surface area contributed by atoms with Gasteiger partial charge in [0.25, 0.3) is 0 Å². The third kappa shape index (κ3) is 3.80.